The second-order valence-electron chi connectivity index (χ2n) is 5.06. The molecule has 0 aliphatic rings. The Hall–Kier alpha value is -2.70. The molecule has 0 aliphatic heterocycles. The number of benzene rings is 1. The molecular formula is C16H20N4O3. The summed E-state index contributed by atoms with van der Waals surface area (Å²) in [4.78, 5) is 41.9. The van der Waals surface area contributed by atoms with Gasteiger partial charge >= 0.3 is 0 Å². The Morgan fingerprint density at radius 3 is 2.70 bits per heavy atom. The lowest BCUT2D eigenvalue weighted by atomic mass is 10.2. The van der Waals surface area contributed by atoms with Crippen molar-refractivity contribution in [3.8, 4) is 0 Å². The molecule has 122 valence electrons. The fourth-order valence-electron chi connectivity index (χ4n) is 2.27. The largest absolute Gasteiger partial charge is 0.355 e. The van der Waals surface area contributed by atoms with E-state index in [0.29, 0.717) is 24.0 Å². The molecule has 23 heavy (non-hydrogen) atoms. The van der Waals surface area contributed by atoms with Crippen LogP contribution < -0.4 is 10.9 Å². The molecule has 0 saturated carbocycles. The molecule has 0 fully saturated rings. The van der Waals surface area contributed by atoms with E-state index in [1.165, 1.54) is 15.8 Å². The monoisotopic (exact) mass is 316 g/mol. The van der Waals surface area contributed by atoms with Crippen LogP contribution in [0.3, 0.4) is 0 Å². The van der Waals surface area contributed by atoms with E-state index in [1.807, 2.05) is 6.92 Å². The number of carbonyl (C=O) groups excluding carboxylic acids is 2. The third-order valence-corrected chi connectivity index (χ3v) is 3.48. The number of hydrogen-bond donors (Lipinski definition) is 1. The molecule has 0 radical (unpaired) electrons. The maximum absolute atomic E-state index is 12.4. The molecule has 1 heterocycles. The predicted octanol–water partition coefficient (Wildman–Crippen LogP) is 0.381. The van der Waals surface area contributed by atoms with Gasteiger partial charge in [0, 0.05) is 13.1 Å². The summed E-state index contributed by atoms with van der Waals surface area (Å²) in [5.41, 5.74) is 0.328. The van der Waals surface area contributed by atoms with Crippen LogP contribution in [0.4, 0.5) is 0 Å². The Labute approximate surface area is 133 Å². The third kappa shape index (κ3) is 3.94. The Morgan fingerprint density at radius 2 is 2.00 bits per heavy atom. The van der Waals surface area contributed by atoms with Gasteiger partial charge in [0.2, 0.25) is 11.8 Å². The van der Waals surface area contributed by atoms with Gasteiger partial charge in [-0.3, -0.25) is 19.0 Å². The average Bonchev–Trinajstić information content (AvgIpc) is 2.55. The fraction of sp³-hybridized carbons (Fsp3) is 0.375. The van der Waals surface area contributed by atoms with Gasteiger partial charge in [-0.25, -0.2) is 4.98 Å². The van der Waals surface area contributed by atoms with Crippen molar-refractivity contribution >= 4 is 22.7 Å². The van der Waals surface area contributed by atoms with Crippen molar-refractivity contribution in [2.45, 2.75) is 20.4 Å². The minimum atomic E-state index is -0.294. The second kappa shape index (κ2) is 7.53. The summed E-state index contributed by atoms with van der Waals surface area (Å²) in [6.45, 7) is 4.36. The Balaban J connectivity index is 2.17. The average molecular weight is 316 g/mol. The van der Waals surface area contributed by atoms with Crippen molar-refractivity contribution in [1.29, 1.82) is 0 Å². The van der Waals surface area contributed by atoms with Crippen LogP contribution in [0.2, 0.25) is 0 Å². The zero-order chi connectivity index (χ0) is 16.8. The molecule has 0 saturated heterocycles. The van der Waals surface area contributed by atoms with Gasteiger partial charge in [0.05, 0.1) is 23.8 Å². The van der Waals surface area contributed by atoms with Crippen molar-refractivity contribution < 1.29 is 9.59 Å². The van der Waals surface area contributed by atoms with E-state index < -0.39 is 0 Å². The topological polar surface area (TPSA) is 84.3 Å². The highest BCUT2D eigenvalue weighted by atomic mass is 16.2. The van der Waals surface area contributed by atoms with E-state index >= 15 is 0 Å². The standard InChI is InChI=1S/C16H20N4O3/c1-3-17-14(21)9-19(4-2)15(22)10-20-11-18-13-8-6-5-7-12(13)16(20)23/h5-8,11H,3-4,9-10H2,1-2H3,(H,17,21). The second-order valence-corrected chi connectivity index (χ2v) is 5.06. The highest BCUT2D eigenvalue weighted by molar-refractivity contribution is 5.85. The first-order chi connectivity index (χ1) is 11.1. The summed E-state index contributed by atoms with van der Waals surface area (Å²) >= 11 is 0. The van der Waals surface area contributed by atoms with Crippen LogP contribution in [0, 0.1) is 0 Å². The molecule has 1 aromatic carbocycles. The van der Waals surface area contributed by atoms with Crippen LogP contribution >= 0.6 is 0 Å². The Kier molecular flexibility index (Phi) is 5.46. The molecule has 7 heteroatoms. The van der Waals surface area contributed by atoms with Crippen LogP contribution in [0.1, 0.15) is 13.8 Å². The van der Waals surface area contributed by atoms with Gasteiger partial charge in [-0.1, -0.05) is 12.1 Å². The van der Waals surface area contributed by atoms with Crippen LogP contribution in [0.25, 0.3) is 10.9 Å². The lowest BCUT2D eigenvalue weighted by Crippen LogP contribution is -2.42. The third-order valence-electron chi connectivity index (χ3n) is 3.48. The number of aromatic nitrogens is 2. The highest BCUT2D eigenvalue weighted by Crippen LogP contribution is 2.04. The minimum absolute atomic E-state index is 0.0149. The summed E-state index contributed by atoms with van der Waals surface area (Å²) < 4.78 is 1.27. The molecule has 0 atom stereocenters. The SMILES string of the molecule is CCNC(=O)CN(CC)C(=O)Cn1cnc2ccccc2c1=O. The number of carbonyl (C=O) groups is 2. The number of nitrogens with zero attached hydrogens (tertiary/aromatic N) is 3. The van der Waals surface area contributed by atoms with Gasteiger partial charge < -0.3 is 10.2 Å². The van der Waals surface area contributed by atoms with E-state index in [1.54, 1.807) is 31.2 Å². The van der Waals surface area contributed by atoms with E-state index in [4.69, 9.17) is 0 Å². The highest BCUT2D eigenvalue weighted by Gasteiger charge is 2.16. The maximum atomic E-state index is 12.4. The molecule has 2 rings (SSSR count). The molecule has 0 bridgehead atoms. The van der Waals surface area contributed by atoms with E-state index in [2.05, 4.69) is 10.3 Å². The summed E-state index contributed by atoms with van der Waals surface area (Å²) in [6.07, 6.45) is 1.36. The summed E-state index contributed by atoms with van der Waals surface area (Å²) in [7, 11) is 0. The molecule has 7 nitrogen and oxygen atoms in total. The lowest BCUT2D eigenvalue weighted by molar-refractivity contribution is -0.136. The number of rotatable bonds is 6. The molecule has 0 unspecified atom stereocenters. The molecule has 1 aromatic heterocycles. The van der Waals surface area contributed by atoms with Gasteiger partial charge in [0.25, 0.3) is 5.56 Å². The van der Waals surface area contributed by atoms with Gasteiger partial charge in [-0.2, -0.15) is 0 Å². The number of fused-ring (bicyclic) bond motifs is 1. The first-order valence-electron chi connectivity index (χ1n) is 7.55. The Bertz CT molecular complexity index is 769. The fourth-order valence-corrected chi connectivity index (χ4v) is 2.27. The molecule has 2 amide bonds. The summed E-state index contributed by atoms with van der Waals surface area (Å²) in [5.74, 6) is -0.510. The van der Waals surface area contributed by atoms with Crippen molar-refractivity contribution in [3.63, 3.8) is 0 Å². The summed E-state index contributed by atoms with van der Waals surface area (Å²) in [5, 5.41) is 3.12. The molecule has 0 aliphatic carbocycles. The number of para-hydroxylation sites is 1. The van der Waals surface area contributed by atoms with Gasteiger partial charge in [-0.05, 0) is 26.0 Å². The molecule has 1 N–H and O–H groups in total. The van der Waals surface area contributed by atoms with Crippen LogP contribution in [-0.2, 0) is 16.1 Å². The first-order valence-corrected chi connectivity index (χ1v) is 7.55. The van der Waals surface area contributed by atoms with Crippen LogP contribution in [-0.4, -0.2) is 45.9 Å². The molecule has 2 aromatic rings. The maximum Gasteiger partial charge on any atom is 0.261 e. The lowest BCUT2D eigenvalue weighted by Gasteiger charge is -2.20. The first kappa shape index (κ1) is 16.7. The van der Waals surface area contributed by atoms with Gasteiger partial charge in [-0.15, -0.1) is 0 Å². The van der Waals surface area contributed by atoms with Crippen molar-refractivity contribution in [2.75, 3.05) is 19.6 Å². The van der Waals surface area contributed by atoms with Crippen molar-refractivity contribution in [1.82, 2.24) is 19.8 Å². The van der Waals surface area contributed by atoms with Gasteiger partial charge in [0.1, 0.15) is 6.54 Å². The summed E-state index contributed by atoms with van der Waals surface area (Å²) in [6, 6.07) is 6.98. The molecular weight excluding hydrogens is 296 g/mol. The zero-order valence-electron chi connectivity index (χ0n) is 13.3. The van der Waals surface area contributed by atoms with Crippen molar-refractivity contribution in [2.24, 2.45) is 0 Å². The quantitative estimate of drug-likeness (QED) is 0.835. The number of likely N-dealkylation sites (N-methyl/N-ethyl adjacent to an activating group) is 2. The van der Waals surface area contributed by atoms with E-state index in [9.17, 15) is 14.4 Å². The van der Waals surface area contributed by atoms with Crippen molar-refractivity contribution in [3.05, 3.63) is 40.9 Å². The minimum Gasteiger partial charge on any atom is -0.355 e. The Morgan fingerprint density at radius 1 is 1.26 bits per heavy atom. The van der Waals surface area contributed by atoms with E-state index in [0.717, 1.165) is 0 Å². The predicted molar refractivity (Wildman–Crippen MR) is 86.9 cm³/mol. The smallest absolute Gasteiger partial charge is 0.261 e. The van der Waals surface area contributed by atoms with Gasteiger partial charge in [0.15, 0.2) is 0 Å². The van der Waals surface area contributed by atoms with Crippen LogP contribution in [0.5, 0.6) is 0 Å². The zero-order valence-corrected chi connectivity index (χ0v) is 13.3. The van der Waals surface area contributed by atoms with Crippen LogP contribution in [0.15, 0.2) is 35.4 Å². The van der Waals surface area contributed by atoms with E-state index in [-0.39, 0.29) is 30.5 Å². The number of nitrogens with one attached hydrogen (secondary N) is 1. The number of amides is 2. The number of hydrogen-bond acceptors (Lipinski definition) is 4. The molecule has 0 spiro atoms. The normalized spacial score (nSPS) is 10.5.